The minimum atomic E-state index is 0.756. The molecule has 0 amide bonds. The van der Waals surface area contributed by atoms with Gasteiger partial charge in [-0.3, -0.25) is 5.73 Å². The van der Waals surface area contributed by atoms with Gasteiger partial charge in [0, 0.05) is 0 Å². The number of anilines is 1. The van der Waals surface area contributed by atoms with E-state index in [9.17, 15) is 0 Å². The van der Waals surface area contributed by atoms with Crippen molar-refractivity contribution in [3.05, 3.63) is 12.4 Å². The highest BCUT2D eigenvalue weighted by Crippen LogP contribution is 1.98. The number of nitrogen functional groups attached to an aromatic ring is 1. The molecule has 0 saturated carbocycles. The number of hydrogen-bond donors (Lipinski definition) is 2. The third kappa shape index (κ3) is 2.57. The van der Waals surface area contributed by atoms with Crippen molar-refractivity contribution in [2.45, 2.75) is 39.2 Å². The molecule has 1 heterocycles. The molecule has 0 saturated heterocycles. The first-order valence-corrected chi connectivity index (χ1v) is 4.67. The summed E-state index contributed by atoms with van der Waals surface area (Å²) in [6.07, 6.45) is 8.99. The molecule has 0 fully saturated rings. The third-order valence-corrected chi connectivity index (χ3v) is 2.05. The molecule has 1 rings (SSSR count). The zero-order valence-electron chi connectivity index (χ0n) is 7.71. The fraction of sp³-hybridized carbons (Fsp3) is 0.667. The summed E-state index contributed by atoms with van der Waals surface area (Å²) >= 11 is 0. The molecule has 0 aromatic carbocycles. The van der Waals surface area contributed by atoms with E-state index in [0.717, 1.165) is 12.5 Å². The first-order chi connectivity index (χ1) is 5.84. The predicted octanol–water partition coefficient (Wildman–Crippen LogP) is 1.46. The Bertz CT molecular complexity index is 217. The summed E-state index contributed by atoms with van der Waals surface area (Å²) in [6.45, 7) is 3.26. The van der Waals surface area contributed by atoms with Gasteiger partial charge in [-0.15, -0.1) is 0 Å². The lowest BCUT2D eigenvalue weighted by Gasteiger charge is -1.98. The van der Waals surface area contributed by atoms with Crippen molar-refractivity contribution in [1.29, 1.82) is 0 Å². The molecule has 0 aliphatic heterocycles. The van der Waals surface area contributed by atoms with Crippen molar-refractivity contribution >= 4 is 5.95 Å². The van der Waals surface area contributed by atoms with Crippen LogP contribution >= 0.6 is 0 Å². The molecule has 3 N–H and O–H groups in total. The molecule has 3 nitrogen and oxygen atoms in total. The molecule has 0 atom stereocenters. The van der Waals surface area contributed by atoms with Crippen LogP contribution in [-0.4, -0.2) is 4.98 Å². The van der Waals surface area contributed by atoms with Crippen molar-refractivity contribution in [1.82, 2.24) is 4.98 Å². The van der Waals surface area contributed by atoms with E-state index in [1.807, 2.05) is 12.4 Å². The van der Waals surface area contributed by atoms with Crippen LogP contribution in [0.4, 0.5) is 5.95 Å². The monoisotopic (exact) mass is 168 g/mol. The summed E-state index contributed by atoms with van der Waals surface area (Å²) in [4.78, 5) is 2.95. The first-order valence-electron chi connectivity index (χ1n) is 4.67. The Balaban J connectivity index is 2.20. The van der Waals surface area contributed by atoms with Crippen LogP contribution in [0.5, 0.6) is 0 Å². The second kappa shape index (κ2) is 4.80. The number of nitrogens with two attached hydrogens (primary N) is 1. The Hall–Kier alpha value is -0.990. The number of aromatic nitrogens is 2. The highest BCUT2D eigenvalue weighted by molar-refractivity contribution is 5.02. The summed E-state index contributed by atoms with van der Waals surface area (Å²) in [7, 11) is 0. The molecular weight excluding hydrogens is 150 g/mol. The second-order valence-electron chi connectivity index (χ2n) is 3.10. The minimum absolute atomic E-state index is 0.756. The van der Waals surface area contributed by atoms with Gasteiger partial charge in [-0.2, -0.15) is 0 Å². The van der Waals surface area contributed by atoms with Crippen LogP contribution in [0, 0.1) is 0 Å². The number of rotatable bonds is 5. The summed E-state index contributed by atoms with van der Waals surface area (Å²) in [5.74, 6) is 0.756. The van der Waals surface area contributed by atoms with Gasteiger partial charge in [-0.05, 0) is 6.42 Å². The predicted molar refractivity (Wildman–Crippen MR) is 49.5 cm³/mol. The van der Waals surface area contributed by atoms with Gasteiger partial charge in [-0.1, -0.05) is 26.2 Å². The normalized spacial score (nSPS) is 10.4. The quantitative estimate of drug-likeness (QED) is 0.507. The lowest BCUT2D eigenvalue weighted by Crippen LogP contribution is -2.34. The fourth-order valence-electron chi connectivity index (χ4n) is 1.28. The van der Waals surface area contributed by atoms with Crippen molar-refractivity contribution in [2.75, 3.05) is 5.73 Å². The SMILES string of the molecule is CCCCCC[n+]1cc[nH]c1N. The Labute approximate surface area is 73.6 Å². The molecule has 12 heavy (non-hydrogen) atoms. The zero-order valence-corrected chi connectivity index (χ0v) is 7.71. The number of imidazole rings is 1. The summed E-state index contributed by atoms with van der Waals surface area (Å²) < 4.78 is 2.05. The number of aryl methyl sites for hydroxylation is 1. The van der Waals surface area contributed by atoms with Crippen LogP contribution in [-0.2, 0) is 6.54 Å². The highest BCUT2D eigenvalue weighted by atomic mass is 15.1. The topological polar surface area (TPSA) is 45.7 Å². The molecule has 1 aromatic heterocycles. The van der Waals surface area contributed by atoms with E-state index in [4.69, 9.17) is 5.73 Å². The van der Waals surface area contributed by atoms with Crippen LogP contribution in [0.15, 0.2) is 12.4 Å². The fourth-order valence-corrected chi connectivity index (χ4v) is 1.28. The molecule has 0 bridgehead atoms. The molecule has 3 heteroatoms. The number of hydrogen-bond acceptors (Lipinski definition) is 1. The van der Waals surface area contributed by atoms with Crippen molar-refractivity contribution in [2.24, 2.45) is 0 Å². The Kier molecular flexibility index (Phi) is 3.64. The second-order valence-corrected chi connectivity index (χ2v) is 3.10. The largest absolute Gasteiger partial charge is 0.352 e. The van der Waals surface area contributed by atoms with E-state index >= 15 is 0 Å². The van der Waals surface area contributed by atoms with Crippen molar-refractivity contribution in [3.63, 3.8) is 0 Å². The number of nitrogens with one attached hydrogen (secondary N) is 1. The van der Waals surface area contributed by atoms with Gasteiger partial charge in [-0.25, -0.2) is 9.55 Å². The Morgan fingerprint density at radius 1 is 1.42 bits per heavy atom. The number of H-pyrrole nitrogens is 1. The maximum atomic E-state index is 5.66. The van der Waals surface area contributed by atoms with Crippen LogP contribution in [0.1, 0.15) is 32.6 Å². The van der Waals surface area contributed by atoms with Gasteiger partial charge in [0.1, 0.15) is 0 Å². The standard InChI is InChI=1S/C9H17N3/c1-2-3-4-5-7-12-8-6-11-9(12)10/h6,8H,2-5,7H2,1H3,(H2,10,11)/p+1. The van der Waals surface area contributed by atoms with Crippen LogP contribution in [0.3, 0.4) is 0 Å². The van der Waals surface area contributed by atoms with E-state index in [1.54, 1.807) is 0 Å². The summed E-state index contributed by atoms with van der Waals surface area (Å²) in [5.41, 5.74) is 5.66. The van der Waals surface area contributed by atoms with Crippen molar-refractivity contribution in [3.8, 4) is 0 Å². The molecule has 68 valence electrons. The average Bonchev–Trinajstić information content (AvgIpc) is 2.46. The minimum Gasteiger partial charge on any atom is -0.290 e. The van der Waals surface area contributed by atoms with E-state index < -0.39 is 0 Å². The molecular formula is C9H18N3+. The van der Waals surface area contributed by atoms with Crippen molar-refractivity contribution < 1.29 is 4.57 Å². The van der Waals surface area contributed by atoms with E-state index in [-0.39, 0.29) is 0 Å². The Morgan fingerprint density at radius 3 is 2.83 bits per heavy atom. The summed E-state index contributed by atoms with van der Waals surface area (Å²) in [6, 6.07) is 0. The van der Waals surface area contributed by atoms with Crippen LogP contribution < -0.4 is 10.3 Å². The Morgan fingerprint density at radius 2 is 2.25 bits per heavy atom. The average molecular weight is 168 g/mol. The molecule has 0 aliphatic rings. The summed E-state index contributed by atoms with van der Waals surface area (Å²) in [5, 5.41) is 0. The van der Waals surface area contributed by atoms with Gasteiger partial charge < -0.3 is 0 Å². The van der Waals surface area contributed by atoms with E-state index in [1.165, 1.54) is 25.7 Å². The molecule has 0 radical (unpaired) electrons. The van der Waals surface area contributed by atoms with Crippen LogP contribution in [0.25, 0.3) is 0 Å². The first kappa shape index (κ1) is 9.10. The third-order valence-electron chi connectivity index (χ3n) is 2.05. The number of aromatic amines is 1. The maximum absolute atomic E-state index is 5.66. The van der Waals surface area contributed by atoms with Gasteiger partial charge in [0.2, 0.25) is 0 Å². The molecule has 0 spiro atoms. The van der Waals surface area contributed by atoms with Gasteiger partial charge in [0.25, 0.3) is 0 Å². The smallest absolute Gasteiger partial charge is 0.290 e. The number of nitrogens with zero attached hydrogens (tertiary/aromatic N) is 1. The van der Waals surface area contributed by atoms with Crippen LogP contribution in [0.2, 0.25) is 0 Å². The van der Waals surface area contributed by atoms with E-state index in [2.05, 4.69) is 16.5 Å². The molecule has 0 unspecified atom stereocenters. The molecule has 1 aromatic rings. The molecule has 0 aliphatic carbocycles. The lowest BCUT2D eigenvalue weighted by molar-refractivity contribution is -0.681. The maximum Gasteiger partial charge on any atom is 0.352 e. The lowest BCUT2D eigenvalue weighted by atomic mass is 10.2. The number of unbranched alkanes of at least 4 members (excludes halogenated alkanes) is 3. The van der Waals surface area contributed by atoms with Gasteiger partial charge >= 0.3 is 5.95 Å². The van der Waals surface area contributed by atoms with Gasteiger partial charge in [0.05, 0.1) is 18.9 Å². The van der Waals surface area contributed by atoms with E-state index in [0.29, 0.717) is 0 Å². The highest BCUT2D eigenvalue weighted by Gasteiger charge is 2.01. The zero-order chi connectivity index (χ0) is 8.81. The van der Waals surface area contributed by atoms with Gasteiger partial charge in [0.15, 0.2) is 0 Å².